The van der Waals surface area contributed by atoms with Crippen molar-refractivity contribution < 1.29 is 9.18 Å². The lowest BCUT2D eigenvalue weighted by Crippen LogP contribution is -2.58. The molecule has 1 aromatic heterocycles. The molecule has 0 aliphatic carbocycles. The van der Waals surface area contributed by atoms with Crippen LogP contribution in [0.25, 0.3) is 0 Å². The molecule has 1 amide bonds. The molecule has 0 spiro atoms. The molecule has 0 radical (unpaired) electrons. The highest BCUT2D eigenvalue weighted by molar-refractivity contribution is 5.79. The number of benzene rings is 1. The second kappa shape index (κ2) is 8.36. The van der Waals surface area contributed by atoms with Crippen LogP contribution in [0.5, 0.6) is 0 Å². The number of nitrogens with zero attached hydrogens (tertiary/aromatic N) is 4. The summed E-state index contributed by atoms with van der Waals surface area (Å²) in [7, 11) is 1.89. The molecule has 5 rings (SSSR count). The Balaban J connectivity index is 1.31. The molecule has 28 heavy (non-hydrogen) atoms. The Morgan fingerprint density at radius 1 is 1.29 bits per heavy atom. The molecule has 4 heterocycles. The molecular formula is C20H27FN6O. The first-order valence-corrected chi connectivity index (χ1v) is 9.92. The van der Waals surface area contributed by atoms with E-state index in [1.165, 1.54) is 12.1 Å². The summed E-state index contributed by atoms with van der Waals surface area (Å²) in [5, 5.41) is 14.5. The number of fused-ring (bicyclic) bond motifs is 3. The first kappa shape index (κ1) is 19.0. The smallest absolute Gasteiger partial charge is 0.224 e. The van der Waals surface area contributed by atoms with E-state index in [1.807, 2.05) is 17.9 Å². The minimum absolute atomic E-state index is 0.0287. The van der Waals surface area contributed by atoms with Crippen molar-refractivity contribution in [2.75, 3.05) is 20.1 Å². The topological polar surface area (TPSA) is 75.1 Å². The number of piperidine rings is 3. The van der Waals surface area contributed by atoms with Crippen molar-refractivity contribution in [3.8, 4) is 0 Å². The fourth-order valence-corrected chi connectivity index (χ4v) is 4.45. The number of carbonyl (C=O) groups is 1. The molecule has 3 aliphatic rings. The molecule has 0 saturated carbocycles. The van der Waals surface area contributed by atoms with Gasteiger partial charge in [-0.05, 0) is 50.0 Å². The highest BCUT2D eigenvalue weighted by Gasteiger charge is 2.43. The van der Waals surface area contributed by atoms with Gasteiger partial charge in [0.1, 0.15) is 5.82 Å². The lowest BCUT2D eigenvalue weighted by Gasteiger charge is -2.49. The zero-order valence-electron chi connectivity index (χ0n) is 16.1. The molecule has 2 N–H and O–H groups in total. The number of rotatable bonds is 7. The number of hydrogen-bond donors (Lipinski definition) is 2. The largest absolute Gasteiger partial charge is 0.352 e. The predicted octanol–water partition coefficient (Wildman–Crippen LogP) is 1.16. The third-order valence-corrected chi connectivity index (χ3v) is 5.94. The Morgan fingerprint density at radius 2 is 2.11 bits per heavy atom. The van der Waals surface area contributed by atoms with E-state index in [4.69, 9.17) is 0 Å². The number of nitrogens with one attached hydrogen (secondary N) is 2. The minimum Gasteiger partial charge on any atom is -0.352 e. The fraction of sp³-hybridized carbons (Fsp3) is 0.550. The van der Waals surface area contributed by atoms with Crippen molar-refractivity contribution in [3.05, 3.63) is 47.5 Å². The van der Waals surface area contributed by atoms with Crippen LogP contribution in [-0.4, -0.2) is 52.0 Å². The van der Waals surface area contributed by atoms with E-state index in [-0.39, 0.29) is 17.6 Å². The van der Waals surface area contributed by atoms with Crippen LogP contribution in [-0.2, 0) is 24.4 Å². The van der Waals surface area contributed by atoms with Gasteiger partial charge in [0.05, 0.1) is 18.2 Å². The number of amides is 1. The summed E-state index contributed by atoms with van der Waals surface area (Å²) in [4.78, 5) is 15.1. The Bertz CT molecular complexity index is 807. The lowest BCUT2D eigenvalue weighted by molar-refractivity contribution is -0.133. The Kier molecular flexibility index (Phi) is 5.68. The van der Waals surface area contributed by atoms with Crippen LogP contribution < -0.4 is 10.6 Å². The summed E-state index contributed by atoms with van der Waals surface area (Å²) in [6, 6.07) is 6.67. The summed E-state index contributed by atoms with van der Waals surface area (Å²) in [6.45, 7) is 3.81. The summed E-state index contributed by atoms with van der Waals surface area (Å²) >= 11 is 0. The van der Waals surface area contributed by atoms with E-state index in [2.05, 4.69) is 25.8 Å². The molecule has 1 aromatic carbocycles. The van der Waals surface area contributed by atoms with Gasteiger partial charge in [0.15, 0.2) is 0 Å². The summed E-state index contributed by atoms with van der Waals surface area (Å²) in [6.07, 6.45) is 4.07. The van der Waals surface area contributed by atoms with Crippen LogP contribution >= 0.6 is 0 Å². The van der Waals surface area contributed by atoms with Gasteiger partial charge in [-0.15, -0.1) is 5.10 Å². The number of hydrogen-bond acceptors (Lipinski definition) is 5. The second-order valence-corrected chi connectivity index (χ2v) is 7.85. The van der Waals surface area contributed by atoms with Crippen molar-refractivity contribution in [2.45, 2.75) is 38.5 Å². The maximum atomic E-state index is 13.0. The summed E-state index contributed by atoms with van der Waals surface area (Å²) in [5.41, 5.74) is 1.86. The van der Waals surface area contributed by atoms with E-state index in [9.17, 15) is 9.18 Å². The maximum Gasteiger partial charge on any atom is 0.224 e. The van der Waals surface area contributed by atoms with Gasteiger partial charge in [0.2, 0.25) is 5.91 Å². The second-order valence-electron chi connectivity index (χ2n) is 7.85. The zero-order chi connectivity index (χ0) is 19.5. The van der Waals surface area contributed by atoms with E-state index < -0.39 is 0 Å². The third kappa shape index (κ3) is 4.23. The van der Waals surface area contributed by atoms with E-state index >= 15 is 0 Å². The van der Waals surface area contributed by atoms with Gasteiger partial charge in [-0.2, -0.15) is 0 Å². The summed E-state index contributed by atoms with van der Waals surface area (Å²) in [5.74, 6) is 0.281. The third-order valence-electron chi connectivity index (χ3n) is 5.94. The fourth-order valence-electron chi connectivity index (χ4n) is 4.45. The van der Waals surface area contributed by atoms with Gasteiger partial charge in [0, 0.05) is 31.9 Å². The van der Waals surface area contributed by atoms with Gasteiger partial charge in [0.25, 0.3) is 0 Å². The Morgan fingerprint density at radius 3 is 2.82 bits per heavy atom. The number of aromatic nitrogens is 3. The monoisotopic (exact) mass is 386 g/mol. The molecule has 8 heteroatoms. The maximum absolute atomic E-state index is 13.0. The van der Waals surface area contributed by atoms with E-state index in [0.717, 1.165) is 43.7 Å². The highest BCUT2D eigenvalue weighted by Crippen LogP contribution is 2.37. The van der Waals surface area contributed by atoms with Gasteiger partial charge in [-0.3, -0.25) is 14.4 Å². The van der Waals surface area contributed by atoms with Gasteiger partial charge >= 0.3 is 0 Å². The first-order valence-electron chi connectivity index (χ1n) is 9.92. The number of carbonyl (C=O) groups excluding carboxylic acids is 1. The van der Waals surface area contributed by atoms with Crippen LogP contribution in [0, 0.1) is 17.7 Å². The lowest BCUT2D eigenvalue weighted by atomic mass is 9.75. The van der Waals surface area contributed by atoms with E-state index in [0.29, 0.717) is 25.0 Å². The van der Waals surface area contributed by atoms with Crippen molar-refractivity contribution >= 4 is 5.91 Å². The Hall–Kier alpha value is -2.32. The number of halogens is 1. The zero-order valence-corrected chi connectivity index (χ0v) is 16.1. The molecular weight excluding hydrogens is 359 g/mol. The molecule has 150 valence electrons. The predicted molar refractivity (Wildman–Crippen MR) is 103 cm³/mol. The van der Waals surface area contributed by atoms with Crippen molar-refractivity contribution in [2.24, 2.45) is 11.8 Å². The quantitative estimate of drug-likeness (QED) is 0.747. The molecule has 3 fully saturated rings. The van der Waals surface area contributed by atoms with Gasteiger partial charge in [-0.1, -0.05) is 17.3 Å². The normalized spacial score (nSPS) is 26.4. The van der Waals surface area contributed by atoms with E-state index in [1.54, 1.807) is 12.1 Å². The highest BCUT2D eigenvalue weighted by atomic mass is 19.1. The van der Waals surface area contributed by atoms with Crippen molar-refractivity contribution in [1.29, 1.82) is 0 Å². The molecule has 7 nitrogen and oxygen atoms in total. The van der Waals surface area contributed by atoms with Crippen molar-refractivity contribution in [3.63, 3.8) is 0 Å². The molecule has 3 aliphatic heterocycles. The van der Waals surface area contributed by atoms with Crippen LogP contribution in [0.15, 0.2) is 30.5 Å². The van der Waals surface area contributed by atoms with Gasteiger partial charge < -0.3 is 10.6 Å². The Labute approximate surface area is 164 Å². The average molecular weight is 386 g/mol. The SMILES string of the molecule is CNCc1cn(C[C@H]2CC3CCN2C[C@@H]3C(=O)NCc2ccc(F)cc2)nn1. The average Bonchev–Trinajstić information content (AvgIpc) is 3.15. The molecule has 2 unspecified atom stereocenters. The van der Waals surface area contributed by atoms with Crippen LogP contribution in [0.4, 0.5) is 4.39 Å². The van der Waals surface area contributed by atoms with Crippen molar-refractivity contribution in [1.82, 2.24) is 30.5 Å². The first-order chi connectivity index (χ1) is 13.6. The van der Waals surface area contributed by atoms with Crippen LogP contribution in [0.3, 0.4) is 0 Å². The molecule has 2 aromatic rings. The van der Waals surface area contributed by atoms with Crippen LogP contribution in [0.1, 0.15) is 24.1 Å². The van der Waals surface area contributed by atoms with Crippen LogP contribution in [0.2, 0.25) is 0 Å². The molecule has 2 bridgehead atoms. The standard InChI is InChI=1S/C20H27FN6O/c1-22-10-17-11-27(25-24-17)12-18-8-15-6-7-26(18)13-19(15)20(28)23-9-14-2-4-16(21)5-3-14/h2-5,11,15,18-19,22H,6-10,12-13H2,1H3,(H,23,28)/t15?,18-,19+/m1/s1. The molecule has 4 atom stereocenters. The minimum atomic E-state index is -0.260. The van der Waals surface area contributed by atoms with Gasteiger partial charge in [-0.25, -0.2) is 4.39 Å². The summed E-state index contributed by atoms with van der Waals surface area (Å²) < 4.78 is 14.9. The molecule has 3 saturated heterocycles.